The third-order valence-electron chi connectivity index (χ3n) is 4.30. The van der Waals surface area contributed by atoms with Gasteiger partial charge >= 0.3 is 12.1 Å². The Bertz CT molecular complexity index is 990. The van der Waals surface area contributed by atoms with Crippen LogP contribution in [0.4, 0.5) is 13.2 Å². The van der Waals surface area contributed by atoms with Crippen LogP contribution >= 0.6 is 11.6 Å². The van der Waals surface area contributed by atoms with Crippen LogP contribution in [0.3, 0.4) is 0 Å². The molecule has 0 saturated carbocycles. The van der Waals surface area contributed by atoms with Crippen molar-refractivity contribution in [1.82, 2.24) is 9.79 Å². The minimum absolute atomic E-state index is 0.00870. The first-order valence-electron chi connectivity index (χ1n) is 8.30. The highest BCUT2D eigenvalue weighted by Crippen LogP contribution is 2.24. The maximum atomic E-state index is 12.6. The van der Waals surface area contributed by atoms with Gasteiger partial charge < -0.3 is 4.84 Å². The fraction of sp³-hybridized carbons (Fsp3) is 0.353. The molecule has 0 spiro atoms. The lowest BCUT2D eigenvalue weighted by Gasteiger charge is -2.30. The third kappa shape index (κ3) is 4.93. The molecule has 2 aromatic carbocycles. The second kappa shape index (κ2) is 7.86. The first kappa shape index (κ1) is 20.8. The van der Waals surface area contributed by atoms with Gasteiger partial charge in [0.1, 0.15) is 0 Å². The molecule has 152 valence electrons. The average molecular weight is 437 g/mol. The molecule has 1 saturated heterocycles. The summed E-state index contributed by atoms with van der Waals surface area (Å²) >= 11 is 5.92. The lowest BCUT2D eigenvalue weighted by Crippen LogP contribution is -2.46. The molecule has 0 aliphatic carbocycles. The molecule has 3 rings (SSSR count). The van der Waals surface area contributed by atoms with E-state index in [0.717, 1.165) is 10.4 Å². The molecule has 28 heavy (non-hydrogen) atoms. The monoisotopic (exact) mass is 436 g/mol. The summed E-state index contributed by atoms with van der Waals surface area (Å²) in [6, 6.07) is 9.24. The second-order valence-electron chi connectivity index (χ2n) is 6.35. The summed E-state index contributed by atoms with van der Waals surface area (Å²) in [5.41, 5.74) is 0. The van der Waals surface area contributed by atoms with Crippen molar-refractivity contribution in [2.24, 2.45) is 0 Å². The zero-order valence-electron chi connectivity index (χ0n) is 14.4. The Labute approximate surface area is 164 Å². The molecule has 6 nitrogen and oxygen atoms in total. The second-order valence-corrected chi connectivity index (χ2v) is 8.50. The van der Waals surface area contributed by atoms with Crippen molar-refractivity contribution >= 4 is 38.4 Å². The zero-order valence-corrected chi connectivity index (χ0v) is 15.9. The van der Waals surface area contributed by atoms with E-state index in [1.807, 2.05) is 0 Å². The number of carbonyl (C=O) groups excluding carboxylic acids is 1. The number of halogens is 4. The predicted molar refractivity (Wildman–Crippen MR) is 96.0 cm³/mol. The van der Waals surface area contributed by atoms with Crippen molar-refractivity contribution in [3.05, 3.63) is 41.4 Å². The molecule has 0 amide bonds. The van der Waals surface area contributed by atoms with E-state index in [1.165, 1.54) is 12.1 Å². The number of benzene rings is 2. The van der Waals surface area contributed by atoms with Crippen molar-refractivity contribution < 1.29 is 31.2 Å². The minimum Gasteiger partial charge on any atom is -0.361 e. The molecule has 0 bridgehead atoms. The number of sulfonamides is 1. The number of rotatable bonds is 4. The van der Waals surface area contributed by atoms with Crippen molar-refractivity contribution in [1.29, 1.82) is 0 Å². The van der Waals surface area contributed by atoms with Gasteiger partial charge in [-0.1, -0.05) is 23.7 Å². The number of hydrogen-bond acceptors (Lipinski definition) is 5. The van der Waals surface area contributed by atoms with Crippen molar-refractivity contribution in [2.45, 2.75) is 30.0 Å². The Morgan fingerprint density at radius 2 is 1.71 bits per heavy atom. The number of nitrogens with zero attached hydrogens (tertiary/aromatic N) is 1. The van der Waals surface area contributed by atoms with Crippen LogP contribution in [0.1, 0.15) is 12.8 Å². The van der Waals surface area contributed by atoms with E-state index in [-0.39, 0.29) is 30.8 Å². The van der Waals surface area contributed by atoms with E-state index in [1.54, 1.807) is 24.3 Å². The maximum Gasteiger partial charge on any atom is 0.492 e. The smallest absolute Gasteiger partial charge is 0.361 e. The first-order valence-corrected chi connectivity index (χ1v) is 10.2. The van der Waals surface area contributed by atoms with Crippen LogP contribution in [0.25, 0.3) is 10.8 Å². The molecular weight excluding hydrogens is 421 g/mol. The SMILES string of the molecule is O=C(ON1CCC(NS(=O)(=O)c2ccc3cc(Cl)ccc3c2)CC1)C(F)(F)F. The van der Waals surface area contributed by atoms with Crippen molar-refractivity contribution in [3.63, 3.8) is 0 Å². The van der Waals surface area contributed by atoms with Crippen molar-refractivity contribution in [3.8, 4) is 0 Å². The third-order valence-corrected chi connectivity index (χ3v) is 6.06. The summed E-state index contributed by atoms with van der Waals surface area (Å²) in [5.74, 6) is -2.29. The standard InChI is InChI=1S/C17H16ClF3N2O4S/c18-13-3-1-12-10-15(4-2-11(12)9-13)28(25,26)22-14-5-7-23(8-6-14)27-16(24)17(19,20)21/h1-4,9-10,14,22H,5-8H2. The molecule has 2 aromatic rings. The largest absolute Gasteiger partial charge is 0.492 e. The van der Waals surface area contributed by atoms with Gasteiger partial charge in [-0.2, -0.15) is 13.2 Å². The van der Waals surface area contributed by atoms with Gasteiger partial charge in [-0.3, -0.25) is 0 Å². The van der Waals surface area contributed by atoms with Crippen LogP contribution in [0, 0.1) is 0 Å². The quantitative estimate of drug-likeness (QED) is 0.796. The molecule has 1 aliphatic heterocycles. The molecule has 0 radical (unpaired) electrons. The van der Waals surface area contributed by atoms with Gasteiger partial charge in [0.15, 0.2) is 0 Å². The lowest BCUT2D eigenvalue weighted by molar-refractivity contribution is -0.241. The van der Waals surface area contributed by atoms with E-state index < -0.39 is 28.2 Å². The Morgan fingerprint density at radius 3 is 2.36 bits per heavy atom. The van der Waals surface area contributed by atoms with Gasteiger partial charge in [0.2, 0.25) is 10.0 Å². The van der Waals surface area contributed by atoms with E-state index in [2.05, 4.69) is 9.56 Å². The summed E-state index contributed by atoms with van der Waals surface area (Å²) in [6.45, 7) is -0.0174. The molecule has 0 unspecified atom stereocenters. The van der Waals surface area contributed by atoms with E-state index >= 15 is 0 Å². The van der Waals surface area contributed by atoms with Crippen LogP contribution < -0.4 is 4.72 Å². The number of alkyl halides is 3. The van der Waals surface area contributed by atoms with Crippen LogP contribution in [0.2, 0.25) is 5.02 Å². The highest BCUT2D eigenvalue weighted by molar-refractivity contribution is 7.89. The Hall–Kier alpha value is -1.88. The molecule has 1 aliphatic rings. The topological polar surface area (TPSA) is 75.7 Å². The molecule has 1 heterocycles. The van der Waals surface area contributed by atoms with Gasteiger partial charge in [0, 0.05) is 24.2 Å². The van der Waals surface area contributed by atoms with Gasteiger partial charge in [0.25, 0.3) is 0 Å². The molecular formula is C17H16ClF3N2O4S. The zero-order chi connectivity index (χ0) is 20.5. The number of carbonyl (C=O) groups is 1. The number of piperidine rings is 1. The summed E-state index contributed by atoms with van der Waals surface area (Å²) in [4.78, 5) is 15.2. The van der Waals surface area contributed by atoms with Gasteiger partial charge in [-0.25, -0.2) is 17.9 Å². The molecule has 1 N–H and O–H groups in total. The van der Waals surface area contributed by atoms with Crippen LogP contribution in [0.5, 0.6) is 0 Å². The first-order chi connectivity index (χ1) is 13.0. The Morgan fingerprint density at radius 1 is 1.11 bits per heavy atom. The summed E-state index contributed by atoms with van der Waals surface area (Å²) in [5, 5.41) is 2.94. The number of hydrogen-bond donors (Lipinski definition) is 1. The Balaban J connectivity index is 1.62. The highest BCUT2D eigenvalue weighted by atomic mass is 35.5. The average Bonchev–Trinajstić information content (AvgIpc) is 2.61. The molecule has 0 aromatic heterocycles. The Kier molecular flexibility index (Phi) is 5.85. The summed E-state index contributed by atoms with van der Waals surface area (Å²) in [7, 11) is -3.81. The van der Waals surface area contributed by atoms with Gasteiger partial charge in [-0.15, -0.1) is 5.06 Å². The van der Waals surface area contributed by atoms with Crippen LogP contribution in [-0.2, 0) is 19.7 Å². The maximum absolute atomic E-state index is 12.6. The number of fused-ring (bicyclic) bond motifs is 1. The summed E-state index contributed by atoms with van der Waals surface area (Å²) in [6.07, 6.45) is -4.67. The van der Waals surface area contributed by atoms with Gasteiger partial charge in [-0.05, 0) is 47.9 Å². The summed E-state index contributed by atoms with van der Waals surface area (Å²) < 4.78 is 64.5. The van der Waals surface area contributed by atoms with E-state index in [9.17, 15) is 26.4 Å². The fourth-order valence-electron chi connectivity index (χ4n) is 2.88. The molecule has 11 heteroatoms. The minimum atomic E-state index is -5.07. The van der Waals surface area contributed by atoms with Gasteiger partial charge in [0.05, 0.1) is 4.90 Å². The normalized spacial score (nSPS) is 17.0. The van der Waals surface area contributed by atoms with E-state index in [4.69, 9.17) is 11.6 Å². The highest BCUT2D eigenvalue weighted by Gasteiger charge is 2.43. The number of nitrogens with one attached hydrogen (secondary N) is 1. The molecule has 0 atom stereocenters. The molecule has 1 fully saturated rings. The van der Waals surface area contributed by atoms with Crippen LogP contribution in [-0.4, -0.2) is 44.8 Å². The van der Waals surface area contributed by atoms with E-state index in [0.29, 0.717) is 10.4 Å². The number of hydroxylamine groups is 2. The van der Waals surface area contributed by atoms with Crippen molar-refractivity contribution in [2.75, 3.05) is 13.1 Å². The lowest BCUT2D eigenvalue weighted by atomic mass is 10.1. The van der Waals surface area contributed by atoms with Crippen LogP contribution in [0.15, 0.2) is 41.3 Å². The fourth-order valence-corrected chi connectivity index (χ4v) is 4.40. The predicted octanol–water partition coefficient (Wildman–Crippen LogP) is 3.26.